The van der Waals surface area contributed by atoms with E-state index in [-0.39, 0.29) is 6.61 Å². The highest BCUT2D eigenvalue weighted by atomic mass is 16.6. The van der Waals surface area contributed by atoms with Gasteiger partial charge in [-0.2, -0.15) is 0 Å². The summed E-state index contributed by atoms with van der Waals surface area (Å²) in [5.74, 6) is -0.346. The summed E-state index contributed by atoms with van der Waals surface area (Å²) in [6, 6.07) is 17.7. The molecular weight excluding hydrogens is 392 g/mol. The molecule has 0 bridgehead atoms. The maximum atomic E-state index is 10.8. The Bertz CT molecular complexity index is 1090. The van der Waals surface area contributed by atoms with Crippen molar-refractivity contribution in [1.82, 2.24) is 10.5 Å². The average molecular weight is 416 g/mol. The molecule has 31 heavy (non-hydrogen) atoms. The summed E-state index contributed by atoms with van der Waals surface area (Å²) in [6.45, 7) is 0.104. The van der Waals surface area contributed by atoms with Crippen LogP contribution in [-0.4, -0.2) is 29.3 Å². The Morgan fingerprint density at radius 1 is 1.10 bits per heavy atom. The number of aromatic nitrogens is 1. The molecule has 1 aliphatic carbocycles. The first-order chi connectivity index (χ1) is 15.2. The van der Waals surface area contributed by atoms with Crippen molar-refractivity contribution < 1.29 is 19.5 Å². The molecule has 0 aliphatic heterocycles. The van der Waals surface area contributed by atoms with Gasteiger partial charge in [-0.15, -0.1) is 0 Å². The maximum Gasteiger partial charge on any atom is 0.341 e. The summed E-state index contributed by atoms with van der Waals surface area (Å²) in [4.78, 5) is 19.7. The number of aliphatic carboxylic acids is 1. The number of hydrogen-bond donors (Lipinski definition) is 3. The van der Waals surface area contributed by atoms with E-state index in [1.807, 2.05) is 73.1 Å². The smallest absolute Gasteiger partial charge is 0.341 e. The van der Waals surface area contributed by atoms with Crippen LogP contribution in [0.4, 0.5) is 0 Å². The fraction of sp³-hybridized carbons (Fsp3) is 0.160. The second-order valence-electron chi connectivity index (χ2n) is 7.27. The van der Waals surface area contributed by atoms with Crippen LogP contribution in [-0.2, 0) is 16.1 Å². The molecule has 1 heterocycles. The maximum absolute atomic E-state index is 10.8. The van der Waals surface area contributed by atoms with E-state index < -0.39 is 5.97 Å². The van der Waals surface area contributed by atoms with Gasteiger partial charge in [0.2, 0.25) is 0 Å². The minimum Gasteiger partial charge on any atom is -0.482 e. The lowest BCUT2D eigenvalue weighted by atomic mass is 9.92. The summed E-state index contributed by atoms with van der Waals surface area (Å²) >= 11 is 0. The van der Waals surface area contributed by atoms with Gasteiger partial charge < -0.3 is 14.8 Å². The molecule has 2 aromatic carbocycles. The first-order valence-electron chi connectivity index (χ1n) is 10.1. The fourth-order valence-corrected chi connectivity index (χ4v) is 3.54. The topological polar surface area (TPSA) is 83.6 Å². The molecule has 3 N–H and O–H groups in total. The van der Waals surface area contributed by atoms with Crippen molar-refractivity contribution in [3.63, 3.8) is 0 Å². The number of H-pyrrole nitrogens is 1. The molecule has 0 radical (unpaired) electrons. The molecule has 1 aliphatic rings. The van der Waals surface area contributed by atoms with Gasteiger partial charge in [-0.1, -0.05) is 48.5 Å². The first-order valence-corrected chi connectivity index (χ1v) is 10.1. The van der Waals surface area contributed by atoms with Crippen LogP contribution in [0.1, 0.15) is 28.7 Å². The molecule has 0 unspecified atom stereocenters. The predicted molar refractivity (Wildman–Crippen MR) is 120 cm³/mol. The number of rotatable bonds is 9. The van der Waals surface area contributed by atoms with Gasteiger partial charge in [0.25, 0.3) is 0 Å². The van der Waals surface area contributed by atoms with Crippen molar-refractivity contribution in [2.24, 2.45) is 0 Å². The lowest BCUT2D eigenvalue weighted by Crippen LogP contribution is -2.17. The first kappa shape index (κ1) is 20.5. The van der Waals surface area contributed by atoms with E-state index >= 15 is 0 Å². The van der Waals surface area contributed by atoms with Crippen molar-refractivity contribution in [2.45, 2.75) is 12.8 Å². The monoisotopic (exact) mass is 416 g/mol. The van der Waals surface area contributed by atoms with Crippen LogP contribution in [0.3, 0.4) is 0 Å². The molecule has 6 nitrogen and oxygen atoms in total. The molecule has 6 heteroatoms. The Morgan fingerprint density at radius 2 is 1.97 bits per heavy atom. The second kappa shape index (κ2) is 9.82. The minimum atomic E-state index is -0.981. The average Bonchev–Trinajstić information content (AvgIpc) is 3.30. The number of hydroxylamine groups is 1. The molecule has 158 valence electrons. The number of nitrogens with one attached hydrogen (secondary N) is 2. The van der Waals surface area contributed by atoms with Gasteiger partial charge in [0, 0.05) is 18.0 Å². The molecule has 0 spiro atoms. The normalized spacial score (nSPS) is 13.3. The van der Waals surface area contributed by atoms with Crippen LogP contribution in [0.5, 0.6) is 5.75 Å². The SMILES string of the molecule is O=C(O)COc1cccc2c1CCC(CONC(=Cc1cc[nH]c1)c1ccccc1)=C2. The van der Waals surface area contributed by atoms with Crippen molar-refractivity contribution in [3.8, 4) is 5.75 Å². The molecule has 0 saturated heterocycles. The third kappa shape index (κ3) is 5.43. The van der Waals surface area contributed by atoms with Gasteiger partial charge in [0.05, 0.1) is 12.3 Å². The van der Waals surface area contributed by atoms with Crippen LogP contribution < -0.4 is 10.2 Å². The largest absolute Gasteiger partial charge is 0.482 e. The van der Waals surface area contributed by atoms with Crippen molar-refractivity contribution in [1.29, 1.82) is 0 Å². The summed E-state index contributed by atoms with van der Waals surface area (Å²) in [6.07, 6.45) is 9.53. The van der Waals surface area contributed by atoms with E-state index in [0.29, 0.717) is 12.4 Å². The van der Waals surface area contributed by atoms with Gasteiger partial charge in [-0.25, -0.2) is 4.79 Å². The summed E-state index contributed by atoms with van der Waals surface area (Å²) < 4.78 is 5.43. The van der Waals surface area contributed by atoms with Crippen molar-refractivity contribution in [2.75, 3.05) is 13.2 Å². The number of fused-ring (bicyclic) bond motifs is 1. The number of carboxylic acid groups (broad SMARTS) is 1. The number of ether oxygens (including phenoxy) is 1. The zero-order chi connectivity index (χ0) is 21.5. The highest BCUT2D eigenvalue weighted by Crippen LogP contribution is 2.31. The second-order valence-corrected chi connectivity index (χ2v) is 7.27. The molecule has 4 rings (SSSR count). The molecule has 1 aromatic heterocycles. The van der Waals surface area contributed by atoms with E-state index in [4.69, 9.17) is 14.7 Å². The third-order valence-corrected chi connectivity index (χ3v) is 5.03. The Hall–Kier alpha value is -3.77. The van der Waals surface area contributed by atoms with Gasteiger partial charge in [0.1, 0.15) is 5.75 Å². The standard InChI is InChI=1S/C25H24N2O4/c28-25(29)17-30-24-8-4-7-21-13-19(9-10-22(21)24)16-31-27-23(14-18-11-12-26-15-18)20-5-2-1-3-6-20/h1-8,11-15,26-27H,9-10,16-17H2,(H,28,29). The third-order valence-electron chi connectivity index (χ3n) is 5.03. The number of carbonyl (C=O) groups is 1. The van der Waals surface area contributed by atoms with Gasteiger partial charge in [0.15, 0.2) is 6.61 Å². The quantitative estimate of drug-likeness (QED) is 0.447. The van der Waals surface area contributed by atoms with Crippen LogP contribution >= 0.6 is 0 Å². The molecule has 3 aromatic rings. The van der Waals surface area contributed by atoms with Crippen LogP contribution in [0.2, 0.25) is 0 Å². The van der Waals surface area contributed by atoms with Crippen LogP contribution in [0, 0.1) is 0 Å². The zero-order valence-electron chi connectivity index (χ0n) is 17.0. The molecule has 0 saturated carbocycles. The summed E-state index contributed by atoms with van der Waals surface area (Å²) in [7, 11) is 0. The molecule has 0 amide bonds. The Kier molecular flexibility index (Phi) is 6.50. The summed E-state index contributed by atoms with van der Waals surface area (Å²) in [5, 5.41) is 8.86. The van der Waals surface area contributed by atoms with Crippen LogP contribution in [0.25, 0.3) is 17.8 Å². The van der Waals surface area contributed by atoms with Gasteiger partial charge in [-0.05, 0) is 53.3 Å². The Morgan fingerprint density at radius 3 is 2.74 bits per heavy atom. The van der Waals surface area contributed by atoms with E-state index in [0.717, 1.165) is 46.4 Å². The van der Waals surface area contributed by atoms with E-state index in [9.17, 15) is 4.79 Å². The number of aromatic amines is 1. The Labute approximate surface area is 180 Å². The Balaban J connectivity index is 1.43. The number of hydrogen-bond acceptors (Lipinski definition) is 4. The lowest BCUT2D eigenvalue weighted by Gasteiger charge is -2.20. The highest BCUT2D eigenvalue weighted by Gasteiger charge is 2.16. The molecule has 0 fully saturated rings. The van der Waals surface area contributed by atoms with Crippen molar-refractivity contribution in [3.05, 3.63) is 94.8 Å². The van der Waals surface area contributed by atoms with Crippen molar-refractivity contribution >= 4 is 23.8 Å². The van der Waals surface area contributed by atoms with E-state index in [1.165, 1.54) is 0 Å². The van der Waals surface area contributed by atoms with E-state index in [2.05, 4.69) is 16.5 Å². The van der Waals surface area contributed by atoms with E-state index in [1.54, 1.807) is 0 Å². The number of carboxylic acids is 1. The van der Waals surface area contributed by atoms with Gasteiger partial charge in [-0.3, -0.25) is 10.3 Å². The highest BCUT2D eigenvalue weighted by molar-refractivity contribution is 5.79. The predicted octanol–water partition coefficient (Wildman–Crippen LogP) is 4.53. The fourth-order valence-electron chi connectivity index (χ4n) is 3.54. The number of benzene rings is 2. The zero-order valence-corrected chi connectivity index (χ0v) is 17.0. The summed E-state index contributed by atoms with van der Waals surface area (Å²) in [5.41, 5.74) is 9.30. The van der Waals surface area contributed by atoms with Gasteiger partial charge >= 0.3 is 5.97 Å². The minimum absolute atomic E-state index is 0.338. The lowest BCUT2D eigenvalue weighted by molar-refractivity contribution is -0.139. The molecule has 0 atom stereocenters. The van der Waals surface area contributed by atoms with Crippen LogP contribution in [0.15, 0.2) is 72.6 Å². The molecular formula is C25H24N2O4.